The van der Waals surface area contributed by atoms with Crippen molar-refractivity contribution in [2.75, 3.05) is 47.2 Å². The number of phenols is 1. The minimum atomic E-state index is -2.75. The number of hydrogen-bond donors (Lipinski definition) is 3. The van der Waals surface area contributed by atoms with Gasteiger partial charge in [-0.2, -0.15) is 0 Å². The Morgan fingerprint density at radius 3 is 2.28 bits per heavy atom. The molecule has 2 saturated carbocycles. The van der Waals surface area contributed by atoms with Crippen molar-refractivity contribution in [2.45, 2.75) is 31.0 Å². The molecule has 2 unspecified atom stereocenters. The first-order valence-electron chi connectivity index (χ1n) is 14.3. The third-order valence-electron chi connectivity index (χ3n) is 9.26. The van der Waals surface area contributed by atoms with E-state index in [1.54, 1.807) is 14.1 Å². The molecule has 228 valence electrons. The molecule has 0 aliphatic heterocycles. The summed E-state index contributed by atoms with van der Waals surface area (Å²) in [4.78, 5) is 72.8. The summed E-state index contributed by atoms with van der Waals surface area (Å²) < 4.78 is 0. The van der Waals surface area contributed by atoms with Gasteiger partial charge in [0.2, 0.25) is 5.91 Å². The van der Waals surface area contributed by atoms with Gasteiger partial charge in [0.05, 0.1) is 17.5 Å². The van der Waals surface area contributed by atoms with Crippen LogP contribution in [0.1, 0.15) is 27.9 Å². The fourth-order valence-electron chi connectivity index (χ4n) is 7.47. The molecule has 3 aliphatic rings. The van der Waals surface area contributed by atoms with Crippen molar-refractivity contribution >= 4 is 34.7 Å². The third-order valence-corrected chi connectivity index (χ3v) is 9.26. The Labute approximate surface area is 250 Å². The fraction of sp³-hybridized carbons (Fsp3) is 0.469. The highest BCUT2D eigenvalue weighted by Gasteiger charge is 2.69. The Balaban J connectivity index is 1.67. The van der Waals surface area contributed by atoms with Crippen LogP contribution in [0.4, 0.5) is 5.69 Å². The molecule has 2 fully saturated rings. The number of likely N-dealkylation sites (N-methyl/N-ethyl adjacent to an activating group) is 1. The third kappa shape index (κ3) is 4.57. The van der Waals surface area contributed by atoms with Crippen molar-refractivity contribution in [2.24, 2.45) is 29.4 Å². The second-order valence-corrected chi connectivity index (χ2v) is 12.8. The molecule has 2 aromatic carbocycles. The van der Waals surface area contributed by atoms with Gasteiger partial charge in [0.15, 0.2) is 34.7 Å². The molecule has 0 bridgehead atoms. The minimum absolute atomic E-state index is 0.00581. The smallest absolute Gasteiger partial charge is 0.235 e. The molecule has 0 spiro atoms. The standard InChI is InChI=1S/C32H38N4O7/c1-34(2)14-15-8-7-9-16(10-15)18-13-21(35(3)4)19-11-17-12-20-25(36(5)6)28(39)24(31(33)42)30(41)32(20,43)29(40)22(17)27(38)23(19)26(18)37/h7-10,13,17,20,22,24-25,37,43H,11-12,14H2,1-6H3,(H2,33,42)/t17-,20-,22?,24?,25-,32-/m1/s1. The molecule has 0 aromatic heterocycles. The fourth-order valence-corrected chi connectivity index (χ4v) is 7.47. The molecule has 11 heteroatoms. The zero-order valence-corrected chi connectivity index (χ0v) is 25.2. The van der Waals surface area contributed by atoms with Crippen molar-refractivity contribution < 1.29 is 34.2 Å². The van der Waals surface area contributed by atoms with Gasteiger partial charge in [-0.15, -0.1) is 0 Å². The van der Waals surface area contributed by atoms with E-state index in [9.17, 15) is 34.2 Å². The number of Topliss-reactive ketones (excluding diaryl/α,β-unsaturated/α-hetero) is 4. The van der Waals surface area contributed by atoms with E-state index in [-0.39, 0.29) is 24.2 Å². The Morgan fingerprint density at radius 2 is 1.70 bits per heavy atom. The summed E-state index contributed by atoms with van der Waals surface area (Å²) in [5, 5.41) is 23.4. The van der Waals surface area contributed by atoms with Gasteiger partial charge in [-0.3, -0.25) is 28.9 Å². The number of carbonyl (C=O) groups excluding carboxylic acids is 5. The van der Waals surface area contributed by atoms with Crippen molar-refractivity contribution in [1.82, 2.24) is 9.80 Å². The molecular weight excluding hydrogens is 552 g/mol. The van der Waals surface area contributed by atoms with E-state index >= 15 is 0 Å². The van der Waals surface area contributed by atoms with E-state index in [2.05, 4.69) is 0 Å². The van der Waals surface area contributed by atoms with Crippen LogP contribution in [0.25, 0.3) is 11.1 Å². The van der Waals surface area contributed by atoms with Crippen LogP contribution in [-0.4, -0.2) is 103 Å². The van der Waals surface area contributed by atoms with E-state index in [1.807, 2.05) is 68.3 Å². The van der Waals surface area contributed by atoms with Gasteiger partial charge in [-0.25, -0.2) is 0 Å². The molecule has 11 nitrogen and oxygen atoms in total. The molecule has 1 amide bonds. The largest absolute Gasteiger partial charge is 0.507 e. The summed E-state index contributed by atoms with van der Waals surface area (Å²) in [6, 6.07) is 8.28. The topological polar surface area (TPSA) is 162 Å². The number of primary amides is 1. The number of aromatic hydroxyl groups is 1. The first kappa shape index (κ1) is 30.5. The lowest BCUT2D eigenvalue weighted by Gasteiger charge is -2.52. The van der Waals surface area contributed by atoms with Crippen LogP contribution < -0.4 is 10.6 Å². The second-order valence-electron chi connectivity index (χ2n) is 12.8. The van der Waals surface area contributed by atoms with Crippen LogP contribution in [0.3, 0.4) is 0 Å². The Bertz CT molecular complexity index is 1560. The number of phenolic OH excluding ortho intramolecular Hbond substituents is 1. The number of ketones is 4. The highest BCUT2D eigenvalue weighted by molar-refractivity contribution is 6.32. The zero-order chi connectivity index (χ0) is 31.7. The summed E-state index contributed by atoms with van der Waals surface area (Å²) in [5.74, 6) is -10.6. The molecule has 0 radical (unpaired) electrons. The van der Waals surface area contributed by atoms with E-state index in [0.29, 0.717) is 28.9 Å². The van der Waals surface area contributed by atoms with Crippen LogP contribution in [0.2, 0.25) is 0 Å². The van der Waals surface area contributed by atoms with Gasteiger partial charge in [0, 0.05) is 37.8 Å². The first-order chi connectivity index (χ1) is 20.1. The van der Waals surface area contributed by atoms with Crippen LogP contribution in [0.15, 0.2) is 30.3 Å². The number of rotatable bonds is 6. The average molecular weight is 591 g/mol. The predicted octanol–water partition coefficient (Wildman–Crippen LogP) is 0.662. The maximum absolute atomic E-state index is 14.3. The maximum Gasteiger partial charge on any atom is 0.235 e. The molecular formula is C32H38N4O7. The summed E-state index contributed by atoms with van der Waals surface area (Å²) in [7, 11) is 10.7. The van der Waals surface area contributed by atoms with Crippen LogP contribution in [-0.2, 0) is 32.1 Å². The number of amides is 1. The highest BCUT2D eigenvalue weighted by atomic mass is 16.3. The van der Waals surface area contributed by atoms with Gasteiger partial charge < -0.3 is 25.7 Å². The summed E-state index contributed by atoms with van der Waals surface area (Å²) in [6.45, 7) is 0.661. The monoisotopic (exact) mass is 590 g/mol. The maximum atomic E-state index is 14.3. The van der Waals surface area contributed by atoms with Crippen molar-refractivity contribution in [3.8, 4) is 16.9 Å². The van der Waals surface area contributed by atoms with Crippen molar-refractivity contribution in [3.63, 3.8) is 0 Å². The number of aliphatic hydroxyl groups is 1. The van der Waals surface area contributed by atoms with Gasteiger partial charge in [0.25, 0.3) is 0 Å². The lowest BCUT2D eigenvalue weighted by Crippen LogP contribution is -2.74. The van der Waals surface area contributed by atoms with Crippen LogP contribution >= 0.6 is 0 Å². The lowest BCUT2D eigenvalue weighted by molar-refractivity contribution is -0.181. The SMILES string of the molecule is CN(C)Cc1cccc(-c2cc(N(C)C)c3c(c2O)C(=O)C2C(=O)[C@@]4(O)C(=O)C(C(N)=O)C(=O)[C@H](N(C)C)[C@H]4C[C@H]2C3)c1. The van der Waals surface area contributed by atoms with Gasteiger partial charge in [-0.05, 0) is 75.8 Å². The van der Waals surface area contributed by atoms with E-state index < -0.39 is 64.4 Å². The Kier molecular flexibility index (Phi) is 7.56. The zero-order valence-electron chi connectivity index (χ0n) is 25.2. The molecule has 43 heavy (non-hydrogen) atoms. The van der Waals surface area contributed by atoms with Crippen LogP contribution in [0, 0.1) is 23.7 Å². The Morgan fingerprint density at radius 1 is 1.02 bits per heavy atom. The number of nitrogens with two attached hydrogens (primary N) is 1. The summed E-state index contributed by atoms with van der Waals surface area (Å²) >= 11 is 0. The molecule has 4 N–H and O–H groups in total. The molecule has 6 atom stereocenters. The molecule has 2 aromatic rings. The summed E-state index contributed by atoms with van der Waals surface area (Å²) in [5.41, 5.74) is 5.97. The quantitative estimate of drug-likeness (QED) is 0.408. The number of hydrogen-bond acceptors (Lipinski definition) is 10. The van der Waals surface area contributed by atoms with E-state index in [4.69, 9.17) is 5.73 Å². The number of anilines is 1. The van der Waals surface area contributed by atoms with Gasteiger partial charge >= 0.3 is 0 Å². The molecule has 0 heterocycles. The van der Waals surface area contributed by atoms with Gasteiger partial charge in [-0.1, -0.05) is 18.2 Å². The van der Waals surface area contributed by atoms with E-state index in [0.717, 1.165) is 5.56 Å². The predicted molar refractivity (Wildman–Crippen MR) is 159 cm³/mol. The number of benzene rings is 2. The van der Waals surface area contributed by atoms with E-state index in [1.165, 1.54) is 4.90 Å². The first-order valence-corrected chi connectivity index (χ1v) is 14.3. The summed E-state index contributed by atoms with van der Waals surface area (Å²) in [6.07, 6.45) is 0.208. The minimum Gasteiger partial charge on any atom is -0.507 e. The molecule has 5 rings (SSSR count). The number of nitrogens with zero attached hydrogens (tertiary/aromatic N) is 3. The van der Waals surface area contributed by atoms with Crippen molar-refractivity contribution in [3.05, 3.63) is 47.0 Å². The molecule has 3 aliphatic carbocycles. The Hall–Kier alpha value is -3.93. The lowest BCUT2D eigenvalue weighted by atomic mass is 9.52. The van der Waals surface area contributed by atoms with Crippen molar-refractivity contribution in [1.29, 1.82) is 0 Å². The number of carbonyl (C=O) groups is 5. The average Bonchev–Trinajstić information content (AvgIpc) is 2.90. The van der Waals surface area contributed by atoms with Gasteiger partial charge in [0.1, 0.15) is 5.75 Å². The highest BCUT2D eigenvalue weighted by Crippen LogP contribution is 2.53. The normalized spacial score (nSPS) is 28.5. The second kappa shape index (κ2) is 10.7. The molecule has 0 saturated heterocycles. The van der Waals surface area contributed by atoms with Crippen LogP contribution in [0.5, 0.6) is 5.75 Å². The number of fused-ring (bicyclic) bond motifs is 3.